The molecule has 0 bridgehead atoms. The molecule has 1 fully saturated rings. The molecular formula is C14H16BrF2NO. The maximum atomic E-state index is 13.7. The van der Waals surface area contributed by atoms with Gasteiger partial charge in [-0.2, -0.15) is 0 Å². The van der Waals surface area contributed by atoms with Gasteiger partial charge < -0.3 is 4.90 Å². The number of nitrogens with zero attached hydrogens (tertiary/aromatic N) is 1. The molecule has 1 aliphatic rings. The summed E-state index contributed by atoms with van der Waals surface area (Å²) >= 11 is 3.29. The third-order valence-corrected chi connectivity index (χ3v) is 3.88. The van der Waals surface area contributed by atoms with E-state index in [4.69, 9.17) is 0 Å². The van der Waals surface area contributed by atoms with Crippen molar-refractivity contribution < 1.29 is 13.6 Å². The Morgan fingerprint density at radius 3 is 2.37 bits per heavy atom. The fraction of sp³-hybridized carbons (Fsp3) is 0.500. The summed E-state index contributed by atoms with van der Waals surface area (Å²) in [4.78, 5) is 14.0. The molecule has 0 radical (unpaired) electrons. The Morgan fingerprint density at radius 2 is 1.84 bits per heavy atom. The molecule has 1 saturated carbocycles. The Bertz CT molecular complexity index is 441. The largest absolute Gasteiger partial charge is 0.335 e. The number of alkyl halides is 1. The maximum absolute atomic E-state index is 13.7. The molecule has 1 aliphatic carbocycles. The van der Waals surface area contributed by atoms with Gasteiger partial charge in [-0.1, -0.05) is 34.8 Å². The van der Waals surface area contributed by atoms with Crippen LogP contribution in [0.1, 0.15) is 36.0 Å². The van der Waals surface area contributed by atoms with E-state index in [-0.39, 0.29) is 6.04 Å². The number of benzene rings is 1. The number of hydrogen-bond donors (Lipinski definition) is 0. The summed E-state index contributed by atoms with van der Waals surface area (Å²) in [7, 11) is 0. The van der Waals surface area contributed by atoms with Crippen molar-refractivity contribution in [3.63, 3.8) is 0 Å². The summed E-state index contributed by atoms with van der Waals surface area (Å²) in [5.74, 6) is -2.12. The molecule has 2 nitrogen and oxygen atoms in total. The van der Waals surface area contributed by atoms with Crippen molar-refractivity contribution in [1.29, 1.82) is 0 Å². The summed E-state index contributed by atoms with van der Waals surface area (Å²) in [6, 6.07) is 3.62. The summed E-state index contributed by atoms with van der Waals surface area (Å²) in [6.45, 7) is 0.470. The Kier molecular flexibility index (Phi) is 4.91. The second-order valence-electron chi connectivity index (χ2n) is 4.72. The van der Waals surface area contributed by atoms with Crippen LogP contribution in [0.4, 0.5) is 8.78 Å². The van der Waals surface area contributed by atoms with E-state index in [1.54, 1.807) is 4.90 Å². The standard InChI is InChI=1S/C14H16BrF2NO/c15-8-9-18(10-4-1-2-5-10)14(19)13-11(16)6-3-7-12(13)17/h3,6-7,10H,1-2,4-5,8-9H2. The minimum absolute atomic E-state index is 0.101. The third-order valence-electron chi connectivity index (χ3n) is 3.53. The Hall–Kier alpha value is -0.970. The van der Waals surface area contributed by atoms with Crippen molar-refractivity contribution in [1.82, 2.24) is 4.90 Å². The highest BCUT2D eigenvalue weighted by molar-refractivity contribution is 9.09. The van der Waals surface area contributed by atoms with Gasteiger partial charge >= 0.3 is 0 Å². The molecule has 1 aromatic rings. The van der Waals surface area contributed by atoms with Crippen LogP contribution in [0.2, 0.25) is 0 Å². The van der Waals surface area contributed by atoms with Gasteiger partial charge in [-0.25, -0.2) is 8.78 Å². The molecule has 1 amide bonds. The average Bonchev–Trinajstić information content (AvgIpc) is 2.89. The van der Waals surface area contributed by atoms with Crippen LogP contribution in [0.25, 0.3) is 0 Å². The van der Waals surface area contributed by atoms with E-state index in [9.17, 15) is 13.6 Å². The highest BCUT2D eigenvalue weighted by Crippen LogP contribution is 2.26. The minimum Gasteiger partial charge on any atom is -0.335 e. The first-order valence-electron chi connectivity index (χ1n) is 6.46. The zero-order valence-corrected chi connectivity index (χ0v) is 12.1. The van der Waals surface area contributed by atoms with Crippen molar-refractivity contribution in [3.05, 3.63) is 35.4 Å². The van der Waals surface area contributed by atoms with E-state index in [1.165, 1.54) is 6.07 Å². The van der Waals surface area contributed by atoms with Gasteiger partial charge in [-0.3, -0.25) is 4.79 Å². The molecule has 0 spiro atoms. The lowest BCUT2D eigenvalue weighted by Gasteiger charge is -2.28. The number of amides is 1. The molecule has 19 heavy (non-hydrogen) atoms. The summed E-state index contributed by atoms with van der Waals surface area (Å²) in [5, 5.41) is 0.602. The Balaban J connectivity index is 2.28. The van der Waals surface area contributed by atoms with E-state index in [0.29, 0.717) is 11.9 Å². The van der Waals surface area contributed by atoms with Crippen LogP contribution in [0, 0.1) is 11.6 Å². The van der Waals surface area contributed by atoms with Gasteiger partial charge in [0.25, 0.3) is 5.91 Å². The number of rotatable bonds is 4. The zero-order chi connectivity index (χ0) is 13.8. The van der Waals surface area contributed by atoms with Crippen LogP contribution in [-0.4, -0.2) is 28.7 Å². The number of halogens is 3. The van der Waals surface area contributed by atoms with Crippen LogP contribution in [0.15, 0.2) is 18.2 Å². The quantitative estimate of drug-likeness (QED) is 0.769. The van der Waals surface area contributed by atoms with Crippen molar-refractivity contribution in [2.24, 2.45) is 0 Å². The predicted octanol–water partition coefficient (Wildman–Crippen LogP) is 3.74. The van der Waals surface area contributed by atoms with E-state index in [0.717, 1.165) is 37.8 Å². The van der Waals surface area contributed by atoms with Crippen molar-refractivity contribution in [2.45, 2.75) is 31.7 Å². The van der Waals surface area contributed by atoms with E-state index >= 15 is 0 Å². The van der Waals surface area contributed by atoms with Gasteiger partial charge in [-0.05, 0) is 25.0 Å². The fourth-order valence-corrected chi connectivity index (χ4v) is 2.98. The third kappa shape index (κ3) is 3.14. The molecule has 2 rings (SSSR count). The van der Waals surface area contributed by atoms with E-state index < -0.39 is 23.1 Å². The molecule has 0 heterocycles. The second-order valence-corrected chi connectivity index (χ2v) is 5.52. The minimum atomic E-state index is -0.789. The van der Waals surface area contributed by atoms with Crippen molar-refractivity contribution in [3.8, 4) is 0 Å². The topological polar surface area (TPSA) is 20.3 Å². The lowest BCUT2D eigenvalue weighted by Crippen LogP contribution is -2.41. The maximum Gasteiger partial charge on any atom is 0.260 e. The molecular weight excluding hydrogens is 316 g/mol. The van der Waals surface area contributed by atoms with Crippen LogP contribution in [0.5, 0.6) is 0 Å². The van der Waals surface area contributed by atoms with Crippen LogP contribution >= 0.6 is 15.9 Å². The molecule has 0 aromatic heterocycles. The summed E-state index contributed by atoms with van der Waals surface area (Å²) < 4.78 is 27.4. The molecule has 0 unspecified atom stereocenters. The molecule has 0 atom stereocenters. The lowest BCUT2D eigenvalue weighted by molar-refractivity contribution is 0.0686. The number of carbonyl (C=O) groups excluding carboxylic acids is 1. The molecule has 5 heteroatoms. The smallest absolute Gasteiger partial charge is 0.260 e. The molecule has 0 saturated heterocycles. The zero-order valence-electron chi connectivity index (χ0n) is 10.5. The first-order chi connectivity index (χ1) is 9.15. The molecule has 104 valence electrons. The Morgan fingerprint density at radius 1 is 1.26 bits per heavy atom. The van der Waals surface area contributed by atoms with E-state index in [1.807, 2.05) is 0 Å². The molecule has 0 aliphatic heterocycles. The van der Waals surface area contributed by atoms with Gasteiger partial charge in [0.15, 0.2) is 0 Å². The van der Waals surface area contributed by atoms with Gasteiger partial charge in [-0.15, -0.1) is 0 Å². The van der Waals surface area contributed by atoms with Gasteiger partial charge in [0.1, 0.15) is 17.2 Å². The Labute approximate surface area is 119 Å². The van der Waals surface area contributed by atoms with Crippen LogP contribution in [-0.2, 0) is 0 Å². The van der Waals surface area contributed by atoms with Gasteiger partial charge in [0, 0.05) is 17.9 Å². The highest BCUT2D eigenvalue weighted by atomic mass is 79.9. The first kappa shape index (κ1) is 14.4. The number of carbonyl (C=O) groups is 1. The van der Waals surface area contributed by atoms with Crippen LogP contribution in [0.3, 0.4) is 0 Å². The van der Waals surface area contributed by atoms with Gasteiger partial charge in [0.2, 0.25) is 0 Å². The summed E-state index contributed by atoms with van der Waals surface area (Å²) in [5.41, 5.74) is -0.435. The monoisotopic (exact) mass is 331 g/mol. The molecule has 1 aromatic carbocycles. The van der Waals surface area contributed by atoms with Gasteiger partial charge in [0.05, 0.1) is 0 Å². The second kappa shape index (κ2) is 6.46. The normalized spacial score (nSPS) is 15.7. The SMILES string of the molecule is O=C(c1c(F)cccc1F)N(CCBr)C1CCCC1. The highest BCUT2D eigenvalue weighted by Gasteiger charge is 2.29. The summed E-state index contributed by atoms with van der Waals surface area (Å²) in [6.07, 6.45) is 3.95. The van der Waals surface area contributed by atoms with Crippen LogP contribution < -0.4 is 0 Å². The molecule has 0 N–H and O–H groups in total. The fourth-order valence-electron chi connectivity index (χ4n) is 2.60. The lowest BCUT2D eigenvalue weighted by atomic mass is 10.1. The first-order valence-corrected chi connectivity index (χ1v) is 7.58. The van der Waals surface area contributed by atoms with Crippen molar-refractivity contribution in [2.75, 3.05) is 11.9 Å². The van der Waals surface area contributed by atoms with Crippen molar-refractivity contribution >= 4 is 21.8 Å². The number of hydrogen-bond acceptors (Lipinski definition) is 1. The average molecular weight is 332 g/mol. The predicted molar refractivity (Wildman–Crippen MR) is 73.4 cm³/mol. The van der Waals surface area contributed by atoms with E-state index in [2.05, 4.69) is 15.9 Å².